The maximum absolute atomic E-state index is 9.66. The van der Waals surface area contributed by atoms with E-state index in [-0.39, 0.29) is 11.5 Å². The molecule has 0 amide bonds. The molecule has 94 valence electrons. The summed E-state index contributed by atoms with van der Waals surface area (Å²) in [5.74, 6) is 0.418. The topological polar surface area (TPSA) is 64.7 Å². The average Bonchev–Trinajstić information content (AvgIpc) is 2.20. The molecule has 0 aliphatic carbocycles. The van der Waals surface area contributed by atoms with E-state index in [2.05, 4.69) is 0 Å². The van der Waals surface area contributed by atoms with Gasteiger partial charge in [0.1, 0.15) is 5.75 Å². The summed E-state index contributed by atoms with van der Waals surface area (Å²) in [6, 6.07) is 6.97. The van der Waals surface area contributed by atoms with Gasteiger partial charge in [-0.15, -0.1) is 0 Å². The molecule has 1 atom stereocenters. The van der Waals surface area contributed by atoms with Crippen LogP contribution in [0.3, 0.4) is 0 Å². The van der Waals surface area contributed by atoms with E-state index >= 15 is 0 Å². The predicted octanol–water partition coefficient (Wildman–Crippen LogP) is 2.08. The van der Waals surface area contributed by atoms with Crippen molar-refractivity contribution >= 4 is 13.0 Å². The SMILES string of the molecule is CC(OB(O)Oc1ccccc1N)C(C)(C)C. The fourth-order valence-corrected chi connectivity index (χ4v) is 1.10. The molecule has 0 saturated heterocycles. The van der Waals surface area contributed by atoms with Gasteiger partial charge in [0.2, 0.25) is 0 Å². The molecule has 0 fully saturated rings. The van der Waals surface area contributed by atoms with Gasteiger partial charge in [-0.1, -0.05) is 32.9 Å². The molecule has 1 unspecified atom stereocenters. The van der Waals surface area contributed by atoms with E-state index in [0.29, 0.717) is 11.4 Å². The van der Waals surface area contributed by atoms with Crippen molar-refractivity contribution in [2.45, 2.75) is 33.8 Å². The van der Waals surface area contributed by atoms with Gasteiger partial charge in [0.15, 0.2) is 0 Å². The van der Waals surface area contributed by atoms with E-state index in [1.54, 1.807) is 24.3 Å². The molecule has 4 nitrogen and oxygen atoms in total. The molecule has 1 rings (SSSR count). The van der Waals surface area contributed by atoms with E-state index in [4.69, 9.17) is 15.0 Å². The Morgan fingerprint density at radius 1 is 1.29 bits per heavy atom. The van der Waals surface area contributed by atoms with Crippen molar-refractivity contribution in [1.29, 1.82) is 0 Å². The van der Waals surface area contributed by atoms with Gasteiger partial charge < -0.3 is 20.1 Å². The Labute approximate surface area is 103 Å². The Balaban J connectivity index is 2.56. The largest absolute Gasteiger partial charge is 0.710 e. The highest BCUT2D eigenvalue weighted by Gasteiger charge is 2.29. The van der Waals surface area contributed by atoms with Crippen LogP contribution in [0, 0.1) is 5.41 Å². The number of nitrogen functional groups attached to an aromatic ring is 1. The highest BCUT2D eigenvalue weighted by atomic mass is 16.7. The second-order valence-corrected chi connectivity index (χ2v) is 5.11. The third kappa shape index (κ3) is 4.28. The zero-order chi connectivity index (χ0) is 13.1. The lowest BCUT2D eigenvalue weighted by Gasteiger charge is -2.28. The summed E-state index contributed by atoms with van der Waals surface area (Å²) in [5.41, 5.74) is 6.10. The quantitative estimate of drug-likeness (QED) is 0.621. The van der Waals surface area contributed by atoms with Gasteiger partial charge in [-0.25, -0.2) is 0 Å². The molecule has 5 heteroatoms. The molecule has 0 saturated carbocycles. The van der Waals surface area contributed by atoms with Gasteiger partial charge in [-0.2, -0.15) is 0 Å². The molecule has 0 heterocycles. The Bertz CT molecular complexity index is 365. The van der Waals surface area contributed by atoms with Crippen LogP contribution in [-0.2, 0) is 4.65 Å². The Kier molecular flexibility index (Phi) is 4.43. The molecule has 0 radical (unpaired) electrons. The summed E-state index contributed by atoms with van der Waals surface area (Å²) >= 11 is 0. The van der Waals surface area contributed by atoms with Crippen molar-refractivity contribution < 1.29 is 14.3 Å². The predicted molar refractivity (Wildman–Crippen MR) is 69.5 cm³/mol. The molecule has 0 aliphatic rings. The lowest BCUT2D eigenvalue weighted by molar-refractivity contribution is 0.0572. The maximum Gasteiger partial charge on any atom is 0.710 e. The van der Waals surface area contributed by atoms with Crippen LogP contribution in [0.15, 0.2) is 24.3 Å². The van der Waals surface area contributed by atoms with Gasteiger partial charge in [-0.05, 0) is 24.5 Å². The fraction of sp³-hybridized carbons (Fsp3) is 0.500. The third-order valence-corrected chi connectivity index (χ3v) is 2.69. The van der Waals surface area contributed by atoms with Crippen LogP contribution in [-0.4, -0.2) is 18.4 Å². The first kappa shape index (κ1) is 13.9. The summed E-state index contributed by atoms with van der Waals surface area (Å²) in [4.78, 5) is 0. The Hall–Kier alpha value is -1.20. The minimum absolute atomic E-state index is 0.0629. The molecule has 0 aliphatic heterocycles. The van der Waals surface area contributed by atoms with Crippen molar-refractivity contribution in [3.8, 4) is 5.75 Å². The molecule has 0 spiro atoms. The van der Waals surface area contributed by atoms with Crippen LogP contribution in [0.4, 0.5) is 5.69 Å². The first-order valence-corrected chi connectivity index (χ1v) is 5.65. The number of hydrogen-bond acceptors (Lipinski definition) is 4. The first-order chi connectivity index (χ1) is 7.80. The van der Waals surface area contributed by atoms with Gasteiger partial charge >= 0.3 is 7.32 Å². The lowest BCUT2D eigenvalue weighted by Crippen LogP contribution is -2.36. The van der Waals surface area contributed by atoms with Gasteiger partial charge in [0.05, 0.1) is 5.69 Å². The second kappa shape index (κ2) is 5.43. The summed E-state index contributed by atoms with van der Waals surface area (Å²) < 4.78 is 10.6. The first-order valence-electron chi connectivity index (χ1n) is 5.65. The van der Waals surface area contributed by atoms with E-state index in [0.717, 1.165) is 0 Å². The number of nitrogens with two attached hydrogens (primary N) is 1. The number of para-hydroxylation sites is 2. The summed E-state index contributed by atoms with van der Waals surface area (Å²) in [5, 5.41) is 9.66. The van der Waals surface area contributed by atoms with Crippen molar-refractivity contribution in [3.63, 3.8) is 0 Å². The maximum atomic E-state index is 9.66. The smallest absolute Gasteiger partial charge is 0.510 e. The second-order valence-electron chi connectivity index (χ2n) is 5.11. The van der Waals surface area contributed by atoms with Crippen LogP contribution in [0.1, 0.15) is 27.7 Å². The van der Waals surface area contributed by atoms with Crippen LogP contribution < -0.4 is 10.4 Å². The molecule has 17 heavy (non-hydrogen) atoms. The monoisotopic (exact) mass is 237 g/mol. The Morgan fingerprint density at radius 3 is 2.41 bits per heavy atom. The molecule has 0 aromatic heterocycles. The molecule has 1 aromatic carbocycles. The summed E-state index contributed by atoms with van der Waals surface area (Å²) in [6.45, 7) is 7.98. The van der Waals surface area contributed by atoms with Crippen molar-refractivity contribution in [3.05, 3.63) is 24.3 Å². The van der Waals surface area contributed by atoms with Crippen LogP contribution >= 0.6 is 0 Å². The zero-order valence-corrected chi connectivity index (χ0v) is 10.8. The summed E-state index contributed by atoms with van der Waals surface area (Å²) in [6.07, 6.45) is -0.137. The van der Waals surface area contributed by atoms with E-state index in [9.17, 15) is 5.02 Å². The molecule has 0 bridgehead atoms. The van der Waals surface area contributed by atoms with Crippen LogP contribution in [0.25, 0.3) is 0 Å². The summed E-state index contributed by atoms with van der Waals surface area (Å²) in [7, 11) is -1.31. The number of rotatable bonds is 4. The third-order valence-electron chi connectivity index (χ3n) is 2.69. The average molecular weight is 237 g/mol. The van der Waals surface area contributed by atoms with Crippen molar-refractivity contribution in [2.75, 3.05) is 5.73 Å². The Morgan fingerprint density at radius 2 is 1.88 bits per heavy atom. The number of hydrogen-bond donors (Lipinski definition) is 2. The minimum atomic E-state index is -1.31. The number of anilines is 1. The van der Waals surface area contributed by atoms with Gasteiger partial charge in [0, 0.05) is 6.10 Å². The van der Waals surface area contributed by atoms with Crippen LogP contribution in [0.2, 0.25) is 0 Å². The molecule has 1 aromatic rings. The lowest BCUT2D eigenvalue weighted by atomic mass is 9.89. The van der Waals surface area contributed by atoms with Gasteiger partial charge in [-0.3, -0.25) is 0 Å². The van der Waals surface area contributed by atoms with E-state index in [1.165, 1.54) is 0 Å². The highest BCUT2D eigenvalue weighted by Crippen LogP contribution is 2.24. The normalized spacial score (nSPS) is 13.2. The van der Waals surface area contributed by atoms with Gasteiger partial charge in [0.25, 0.3) is 0 Å². The van der Waals surface area contributed by atoms with Crippen molar-refractivity contribution in [2.24, 2.45) is 5.41 Å². The number of benzene rings is 1. The molecule has 3 N–H and O–H groups in total. The molecular formula is C12H20BNO3. The molecular weight excluding hydrogens is 217 g/mol. The highest BCUT2D eigenvalue weighted by molar-refractivity contribution is 6.35. The zero-order valence-electron chi connectivity index (χ0n) is 10.8. The fourth-order valence-electron chi connectivity index (χ4n) is 1.10. The van der Waals surface area contributed by atoms with Crippen molar-refractivity contribution in [1.82, 2.24) is 0 Å². The minimum Gasteiger partial charge on any atom is -0.510 e. The van der Waals surface area contributed by atoms with E-state index < -0.39 is 7.32 Å². The van der Waals surface area contributed by atoms with E-state index in [1.807, 2.05) is 27.7 Å². The van der Waals surface area contributed by atoms with Crippen LogP contribution in [0.5, 0.6) is 5.75 Å². The standard InChI is InChI=1S/C12H20BNO3/c1-9(12(2,3)4)16-13(15)17-11-8-6-5-7-10(11)14/h5-9,15H,14H2,1-4H3.